The molecule has 4 aromatic rings. The van der Waals surface area contributed by atoms with Crippen LogP contribution in [0.2, 0.25) is 0 Å². The summed E-state index contributed by atoms with van der Waals surface area (Å²) >= 11 is 2.89. The predicted octanol–water partition coefficient (Wildman–Crippen LogP) is 7.21. The molecule has 0 aliphatic carbocycles. The zero-order chi connectivity index (χ0) is 21.8. The van der Waals surface area contributed by atoms with Gasteiger partial charge in [0.25, 0.3) is 5.76 Å². The lowest BCUT2D eigenvalue weighted by Gasteiger charge is -2.20. The molecule has 0 N–H and O–H groups in total. The maximum Gasteiger partial charge on any atom is 0.288 e. The second-order valence-corrected chi connectivity index (χ2v) is 9.37. The van der Waals surface area contributed by atoms with Gasteiger partial charge in [0.2, 0.25) is 5.91 Å². The molecular weight excluding hydrogens is 461 g/mol. The number of carbonyl (C=O) groups excluding carboxylic acids is 1. The number of hydrogen-bond acceptors (Lipinski definition) is 5. The van der Waals surface area contributed by atoms with E-state index in [1.54, 1.807) is 42.5 Å². The molecule has 0 radical (unpaired) electrons. The third kappa shape index (κ3) is 5.23. The molecule has 31 heavy (non-hydrogen) atoms. The van der Waals surface area contributed by atoms with Gasteiger partial charge in [0.05, 0.1) is 21.7 Å². The molecule has 0 aliphatic heterocycles. The van der Waals surface area contributed by atoms with Crippen molar-refractivity contribution in [1.29, 1.82) is 0 Å². The van der Waals surface area contributed by atoms with Crippen LogP contribution in [-0.4, -0.2) is 22.4 Å². The van der Waals surface area contributed by atoms with Crippen molar-refractivity contribution in [3.63, 3.8) is 0 Å². The number of hydrogen-bond donors (Lipinski definition) is 0. The maximum atomic E-state index is 14.0. The molecule has 1 heterocycles. The summed E-state index contributed by atoms with van der Waals surface area (Å²) in [5.74, 6) is -3.21. The second-order valence-electron chi connectivity index (χ2n) is 6.28. The third-order valence-electron chi connectivity index (χ3n) is 4.23. The highest BCUT2D eigenvalue weighted by Gasteiger charge is 2.22. The van der Waals surface area contributed by atoms with E-state index in [2.05, 4.69) is 4.98 Å². The van der Waals surface area contributed by atoms with Crippen LogP contribution in [-0.2, 0) is 4.79 Å². The van der Waals surface area contributed by atoms with E-state index in [4.69, 9.17) is 0 Å². The van der Waals surface area contributed by atoms with Gasteiger partial charge in [-0.3, -0.25) is 9.69 Å². The number of nitrogens with zero attached hydrogens (tertiary/aromatic N) is 2. The SMILES string of the molecule is O=C(CSc1ccccc1F)N(c1ccc(SC(F)F)cc1)c1nc2ccccc2s1. The Morgan fingerprint density at radius 1 is 1.00 bits per heavy atom. The predicted molar refractivity (Wildman–Crippen MR) is 122 cm³/mol. The summed E-state index contributed by atoms with van der Waals surface area (Å²) in [5.41, 5.74) is 1.27. The molecule has 0 bridgehead atoms. The molecule has 1 aromatic heterocycles. The number of rotatable bonds is 7. The Balaban J connectivity index is 1.65. The average Bonchev–Trinajstić information content (AvgIpc) is 3.18. The van der Waals surface area contributed by atoms with Gasteiger partial charge in [0, 0.05) is 9.79 Å². The molecule has 0 spiro atoms. The summed E-state index contributed by atoms with van der Waals surface area (Å²) in [6, 6.07) is 20.1. The van der Waals surface area contributed by atoms with Crippen molar-refractivity contribution < 1.29 is 18.0 Å². The molecule has 1 amide bonds. The lowest BCUT2D eigenvalue weighted by Crippen LogP contribution is -2.27. The van der Waals surface area contributed by atoms with Gasteiger partial charge in [-0.25, -0.2) is 9.37 Å². The first kappa shape index (κ1) is 21.7. The zero-order valence-corrected chi connectivity index (χ0v) is 18.3. The molecular formula is C22H15F3N2OS3. The lowest BCUT2D eigenvalue weighted by molar-refractivity contribution is -0.115. The standard InChI is InChI=1S/C22H15F3N2OS3/c23-16-5-1-3-7-18(16)29-13-20(28)27(14-9-11-15(12-10-14)30-21(24)25)22-26-17-6-2-4-8-19(17)31-22/h1-12,21H,13H2. The summed E-state index contributed by atoms with van der Waals surface area (Å²) in [6.07, 6.45) is 0. The average molecular weight is 477 g/mol. The van der Waals surface area contributed by atoms with Crippen molar-refractivity contribution in [2.75, 3.05) is 10.7 Å². The number of anilines is 2. The fourth-order valence-corrected chi connectivity index (χ4v) is 5.15. The van der Waals surface area contributed by atoms with Crippen LogP contribution in [0.25, 0.3) is 10.2 Å². The Kier molecular flexibility index (Phi) is 6.84. The van der Waals surface area contributed by atoms with Crippen molar-refractivity contribution in [3.05, 3.63) is 78.6 Å². The summed E-state index contributed by atoms with van der Waals surface area (Å²) in [6.45, 7) is 0. The summed E-state index contributed by atoms with van der Waals surface area (Å²) in [5, 5.41) is 0.467. The Labute approximate surface area is 189 Å². The number of aromatic nitrogens is 1. The van der Waals surface area contributed by atoms with Crippen LogP contribution >= 0.6 is 34.9 Å². The molecule has 9 heteroatoms. The normalized spacial score (nSPS) is 11.2. The van der Waals surface area contributed by atoms with Crippen molar-refractivity contribution in [2.24, 2.45) is 0 Å². The van der Waals surface area contributed by atoms with E-state index in [9.17, 15) is 18.0 Å². The van der Waals surface area contributed by atoms with Crippen LogP contribution in [0.15, 0.2) is 82.6 Å². The van der Waals surface area contributed by atoms with Crippen molar-refractivity contribution in [2.45, 2.75) is 15.5 Å². The highest BCUT2D eigenvalue weighted by molar-refractivity contribution is 8.00. The minimum Gasteiger partial charge on any atom is -0.273 e. The van der Waals surface area contributed by atoms with Crippen LogP contribution < -0.4 is 4.90 Å². The molecule has 3 nitrogen and oxygen atoms in total. The Morgan fingerprint density at radius 2 is 1.71 bits per heavy atom. The molecule has 0 fully saturated rings. The van der Waals surface area contributed by atoms with Gasteiger partial charge in [-0.1, -0.05) is 47.4 Å². The number of fused-ring (bicyclic) bond motifs is 1. The molecule has 0 atom stereocenters. The van der Waals surface area contributed by atoms with Gasteiger partial charge < -0.3 is 0 Å². The maximum absolute atomic E-state index is 14.0. The van der Waals surface area contributed by atoms with Crippen molar-refractivity contribution in [3.8, 4) is 0 Å². The topological polar surface area (TPSA) is 33.2 Å². The number of para-hydroxylation sites is 1. The number of amides is 1. The van der Waals surface area contributed by atoms with Crippen molar-refractivity contribution >= 4 is 61.8 Å². The van der Waals surface area contributed by atoms with E-state index in [0.29, 0.717) is 32.4 Å². The van der Waals surface area contributed by atoms with E-state index in [1.807, 2.05) is 24.3 Å². The number of thioether (sulfide) groups is 2. The fraction of sp³-hybridized carbons (Fsp3) is 0.0909. The minimum atomic E-state index is -2.52. The molecule has 0 unspecified atom stereocenters. The Bertz CT molecular complexity index is 1170. The van der Waals surface area contributed by atoms with Crippen LogP contribution in [0, 0.1) is 5.82 Å². The van der Waals surface area contributed by atoms with Gasteiger partial charge in [-0.05, 0) is 48.5 Å². The van der Waals surface area contributed by atoms with E-state index >= 15 is 0 Å². The summed E-state index contributed by atoms with van der Waals surface area (Å²) < 4.78 is 40.2. The molecule has 3 aromatic carbocycles. The molecule has 0 saturated heterocycles. The van der Waals surface area contributed by atoms with Crippen LogP contribution in [0.1, 0.15) is 0 Å². The molecule has 0 saturated carbocycles. The first-order chi connectivity index (χ1) is 15.0. The quantitative estimate of drug-likeness (QED) is 0.264. The third-order valence-corrected chi connectivity index (χ3v) is 7.01. The highest BCUT2D eigenvalue weighted by Crippen LogP contribution is 2.36. The summed E-state index contributed by atoms with van der Waals surface area (Å²) in [7, 11) is 0. The summed E-state index contributed by atoms with van der Waals surface area (Å²) in [4.78, 5) is 20.0. The van der Waals surface area contributed by atoms with E-state index in [0.717, 1.165) is 22.0 Å². The zero-order valence-electron chi connectivity index (χ0n) is 15.9. The second kappa shape index (κ2) is 9.76. The van der Waals surface area contributed by atoms with Gasteiger partial charge >= 0.3 is 0 Å². The lowest BCUT2D eigenvalue weighted by atomic mass is 10.3. The van der Waals surface area contributed by atoms with Gasteiger partial charge in [-0.15, -0.1) is 11.8 Å². The van der Waals surface area contributed by atoms with Gasteiger partial charge in [0.15, 0.2) is 5.13 Å². The minimum absolute atomic E-state index is 0.00953. The molecule has 0 aliphatic rings. The van der Waals surface area contributed by atoms with E-state index in [1.165, 1.54) is 22.3 Å². The van der Waals surface area contributed by atoms with Crippen LogP contribution in [0.4, 0.5) is 24.0 Å². The number of carbonyl (C=O) groups is 1. The van der Waals surface area contributed by atoms with Crippen molar-refractivity contribution in [1.82, 2.24) is 4.98 Å². The van der Waals surface area contributed by atoms with Crippen LogP contribution in [0.3, 0.4) is 0 Å². The molecule has 4 rings (SSSR count). The Morgan fingerprint density at radius 3 is 2.42 bits per heavy atom. The largest absolute Gasteiger partial charge is 0.288 e. The van der Waals surface area contributed by atoms with Crippen LogP contribution in [0.5, 0.6) is 0 Å². The number of alkyl halides is 2. The smallest absolute Gasteiger partial charge is 0.273 e. The highest BCUT2D eigenvalue weighted by atomic mass is 32.2. The van der Waals surface area contributed by atoms with E-state index in [-0.39, 0.29) is 17.5 Å². The Hall–Kier alpha value is -2.49. The monoisotopic (exact) mass is 476 g/mol. The van der Waals surface area contributed by atoms with E-state index < -0.39 is 5.76 Å². The van der Waals surface area contributed by atoms with Gasteiger partial charge in [0.1, 0.15) is 5.82 Å². The number of halogens is 3. The fourth-order valence-electron chi connectivity index (χ4n) is 2.86. The number of benzene rings is 3. The van der Waals surface area contributed by atoms with Gasteiger partial charge in [-0.2, -0.15) is 8.78 Å². The number of thiazole rings is 1. The first-order valence-electron chi connectivity index (χ1n) is 9.12. The first-order valence-corrected chi connectivity index (χ1v) is 11.8. The molecule has 158 valence electrons.